The average molecular weight is 461 g/mol. The van der Waals surface area contributed by atoms with Gasteiger partial charge in [0.2, 0.25) is 0 Å². The maximum absolute atomic E-state index is 13.2. The third kappa shape index (κ3) is 5.13. The minimum absolute atomic E-state index is 0.181. The predicted octanol–water partition coefficient (Wildman–Crippen LogP) is 6.01. The molecule has 0 saturated heterocycles. The van der Waals surface area contributed by atoms with E-state index in [1.54, 1.807) is 6.20 Å². The van der Waals surface area contributed by atoms with E-state index in [1.165, 1.54) is 0 Å². The molecule has 2 atom stereocenters. The Morgan fingerprint density at radius 2 is 1.67 bits per heavy atom. The van der Waals surface area contributed by atoms with Gasteiger partial charge < -0.3 is 4.55 Å². The fourth-order valence-electron chi connectivity index (χ4n) is 3.95. The van der Waals surface area contributed by atoms with Crippen LogP contribution in [0.25, 0.3) is 22.2 Å². The fourth-order valence-corrected chi connectivity index (χ4v) is 4.77. The van der Waals surface area contributed by atoms with E-state index in [0.29, 0.717) is 6.42 Å². The summed E-state index contributed by atoms with van der Waals surface area (Å²) in [4.78, 5) is 4.53. The van der Waals surface area contributed by atoms with Crippen molar-refractivity contribution in [3.63, 3.8) is 0 Å². The van der Waals surface area contributed by atoms with Gasteiger partial charge in [-0.05, 0) is 58.4 Å². The molecule has 5 nitrogen and oxygen atoms in total. The predicted molar refractivity (Wildman–Crippen MR) is 137 cm³/mol. The first kappa shape index (κ1) is 23.5. The molecule has 0 fully saturated rings. The largest absolute Gasteiger partial charge is 0.598 e. The van der Waals surface area contributed by atoms with E-state index in [0.717, 1.165) is 33.4 Å². The average Bonchev–Trinajstić information content (AvgIpc) is 3.19. The van der Waals surface area contributed by atoms with Crippen LogP contribution in [0.15, 0.2) is 72.9 Å². The number of fused-ring (bicyclic) bond motifs is 1. The highest BCUT2D eigenvalue weighted by molar-refractivity contribution is 7.90. The molecule has 0 radical (unpaired) electrons. The van der Waals surface area contributed by atoms with Crippen LogP contribution in [0, 0.1) is 0 Å². The third-order valence-corrected chi connectivity index (χ3v) is 7.25. The Morgan fingerprint density at radius 3 is 2.36 bits per heavy atom. The lowest BCUT2D eigenvalue weighted by Gasteiger charge is -2.29. The summed E-state index contributed by atoms with van der Waals surface area (Å²) in [7, 11) is 0. The molecule has 2 aromatic carbocycles. The zero-order chi connectivity index (χ0) is 23.6. The lowest BCUT2D eigenvalue weighted by molar-refractivity contribution is 0.521. The molecule has 1 N–H and O–H groups in total. The molecule has 0 saturated carbocycles. The minimum Gasteiger partial charge on any atom is -0.598 e. The van der Waals surface area contributed by atoms with Crippen LogP contribution >= 0.6 is 0 Å². The molecule has 1 unspecified atom stereocenters. The molecule has 0 spiro atoms. The van der Waals surface area contributed by atoms with Crippen molar-refractivity contribution in [1.82, 2.24) is 19.5 Å². The molecule has 0 bridgehead atoms. The summed E-state index contributed by atoms with van der Waals surface area (Å²) in [5.41, 5.74) is 5.13. The Morgan fingerprint density at radius 1 is 0.970 bits per heavy atom. The van der Waals surface area contributed by atoms with Crippen LogP contribution in [0.2, 0.25) is 0 Å². The summed E-state index contributed by atoms with van der Waals surface area (Å²) in [6.07, 6.45) is 2.43. The SMILES string of the molecule is CC(C)n1nc(-c2ccccc2C(Cc2ccccn2)N[S@@+]([O-])C(C)(C)C)c2ccccc21. The zero-order valence-corrected chi connectivity index (χ0v) is 20.8. The molecular weight excluding hydrogens is 428 g/mol. The van der Waals surface area contributed by atoms with Crippen LogP contribution in [-0.4, -0.2) is 24.1 Å². The first-order valence-electron chi connectivity index (χ1n) is 11.4. The molecule has 0 aliphatic rings. The van der Waals surface area contributed by atoms with Gasteiger partial charge in [0, 0.05) is 46.7 Å². The van der Waals surface area contributed by atoms with Crippen LogP contribution in [0.5, 0.6) is 0 Å². The number of aromatic nitrogens is 3. The summed E-state index contributed by atoms with van der Waals surface area (Å²) >= 11 is -1.24. The summed E-state index contributed by atoms with van der Waals surface area (Å²) in [5.74, 6) is 0. The number of hydrogen-bond donors (Lipinski definition) is 1. The molecule has 4 rings (SSSR count). The van der Waals surface area contributed by atoms with Crippen LogP contribution < -0.4 is 4.72 Å². The van der Waals surface area contributed by atoms with Gasteiger partial charge in [0.25, 0.3) is 0 Å². The Bertz CT molecular complexity index is 1210. The van der Waals surface area contributed by atoms with E-state index in [9.17, 15) is 4.55 Å². The van der Waals surface area contributed by atoms with Crippen molar-refractivity contribution in [2.45, 2.75) is 57.9 Å². The normalized spacial score (nSPS) is 14.0. The van der Waals surface area contributed by atoms with E-state index in [-0.39, 0.29) is 16.8 Å². The van der Waals surface area contributed by atoms with Crippen molar-refractivity contribution in [3.8, 4) is 11.3 Å². The number of pyridine rings is 1. The maximum atomic E-state index is 13.2. The standard InChI is InChI=1S/C27H32N4OS/c1-19(2)31-25-16-9-8-15-23(25)26(29-31)22-14-7-6-13-21(22)24(30-33(32)27(3,4)5)18-20-12-10-11-17-28-20/h6-17,19,24,30H,18H2,1-5H3/t24?,33-/m0/s1. The highest BCUT2D eigenvalue weighted by Crippen LogP contribution is 2.35. The molecule has 0 aliphatic carbocycles. The lowest BCUT2D eigenvalue weighted by atomic mass is 9.94. The van der Waals surface area contributed by atoms with Crippen LogP contribution in [-0.2, 0) is 17.8 Å². The topological polar surface area (TPSA) is 65.8 Å². The van der Waals surface area contributed by atoms with Gasteiger partial charge in [-0.3, -0.25) is 9.67 Å². The monoisotopic (exact) mass is 460 g/mol. The van der Waals surface area contributed by atoms with Gasteiger partial charge in [0.15, 0.2) is 0 Å². The number of nitrogens with zero attached hydrogens (tertiary/aromatic N) is 3. The molecule has 2 heterocycles. The third-order valence-electron chi connectivity index (χ3n) is 5.64. The van der Waals surface area contributed by atoms with Gasteiger partial charge in [0.05, 0.1) is 11.6 Å². The molecule has 0 aliphatic heterocycles. The maximum Gasteiger partial charge on any atom is 0.136 e. The van der Waals surface area contributed by atoms with E-state index >= 15 is 0 Å². The van der Waals surface area contributed by atoms with E-state index in [4.69, 9.17) is 5.10 Å². The lowest BCUT2D eigenvalue weighted by Crippen LogP contribution is -2.42. The second kappa shape index (κ2) is 9.67. The Kier molecular flexibility index (Phi) is 6.88. The first-order chi connectivity index (χ1) is 15.8. The molecule has 6 heteroatoms. The fraction of sp³-hybridized carbons (Fsp3) is 0.333. The number of nitrogens with one attached hydrogen (secondary N) is 1. The van der Waals surface area contributed by atoms with Crippen LogP contribution in [0.3, 0.4) is 0 Å². The summed E-state index contributed by atoms with van der Waals surface area (Å²) in [5, 5.41) is 6.15. The first-order valence-corrected chi connectivity index (χ1v) is 12.5. The van der Waals surface area contributed by atoms with Crippen molar-refractivity contribution in [2.75, 3.05) is 0 Å². The number of para-hydroxylation sites is 1. The zero-order valence-electron chi connectivity index (χ0n) is 19.9. The van der Waals surface area contributed by atoms with Crippen LogP contribution in [0.1, 0.15) is 58.0 Å². The van der Waals surface area contributed by atoms with Crippen molar-refractivity contribution < 1.29 is 4.55 Å². The van der Waals surface area contributed by atoms with Gasteiger partial charge in [0.1, 0.15) is 10.4 Å². The molecule has 33 heavy (non-hydrogen) atoms. The van der Waals surface area contributed by atoms with Gasteiger partial charge in [-0.1, -0.05) is 48.5 Å². The minimum atomic E-state index is -1.24. The molecule has 4 aromatic rings. The Balaban J connectivity index is 1.84. The van der Waals surface area contributed by atoms with Crippen molar-refractivity contribution in [1.29, 1.82) is 0 Å². The number of hydrogen-bond acceptors (Lipinski definition) is 4. The smallest absolute Gasteiger partial charge is 0.136 e. The summed E-state index contributed by atoms with van der Waals surface area (Å²) in [6.45, 7) is 10.2. The Hall–Kier alpha value is -2.67. The van der Waals surface area contributed by atoms with Gasteiger partial charge in [-0.15, -0.1) is 4.72 Å². The quantitative estimate of drug-likeness (QED) is 0.343. The summed E-state index contributed by atoms with van der Waals surface area (Å²) in [6, 6.07) is 22.6. The molecule has 172 valence electrons. The van der Waals surface area contributed by atoms with E-state index in [1.807, 2.05) is 51.1 Å². The molecule has 2 aromatic heterocycles. The Labute approximate surface area is 199 Å². The van der Waals surface area contributed by atoms with Gasteiger partial charge in [-0.25, -0.2) is 0 Å². The number of benzene rings is 2. The van der Waals surface area contributed by atoms with Gasteiger partial charge in [-0.2, -0.15) is 5.10 Å². The van der Waals surface area contributed by atoms with Crippen molar-refractivity contribution >= 4 is 22.3 Å². The molecule has 0 amide bonds. The highest BCUT2D eigenvalue weighted by atomic mass is 32.2. The van der Waals surface area contributed by atoms with E-state index in [2.05, 4.69) is 64.6 Å². The summed E-state index contributed by atoms with van der Waals surface area (Å²) < 4.78 is 18.3. The molecular formula is C27H32N4OS. The number of rotatable bonds is 7. The van der Waals surface area contributed by atoms with Crippen molar-refractivity contribution in [2.24, 2.45) is 0 Å². The van der Waals surface area contributed by atoms with Crippen molar-refractivity contribution in [3.05, 3.63) is 84.2 Å². The van der Waals surface area contributed by atoms with E-state index < -0.39 is 11.4 Å². The highest BCUT2D eigenvalue weighted by Gasteiger charge is 2.31. The van der Waals surface area contributed by atoms with Crippen LogP contribution in [0.4, 0.5) is 0 Å². The second-order valence-electron chi connectivity index (χ2n) is 9.57. The van der Waals surface area contributed by atoms with Gasteiger partial charge >= 0.3 is 0 Å². The second-order valence-corrected chi connectivity index (χ2v) is 11.6.